The van der Waals surface area contributed by atoms with Gasteiger partial charge in [-0.1, -0.05) is 30.8 Å². The fraction of sp³-hybridized carbons (Fsp3) is 0.517. The number of halogens is 9. The zero-order chi connectivity index (χ0) is 33.4. The number of carbonyl (C=O) groups is 2. The Kier molecular flexibility index (Phi) is 17.1. The van der Waals surface area contributed by atoms with Gasteiger partial charge in [-0.25, -0.2) is 18.4 Å². The summed E-state index contributed by atoms with van der Waals surface area (Å²) >= 11 is 3.13. The van der Waals surface area contributed by atoms with Gasteiger partial charge in [0.25, 0.3) is 0 Å². The Morgan fingerprint density at radius 2 is 1.48 bits per heavy atom. The summed E-state index contributed by atoms with van der Waals surface area (Å²) in [6, 6.07) is 1.62. The van der Waals surface area contributed by atoms with E-state index in [1.165, 1.54) is 26.2 Å². The van der Waals surface area contributed by atoms with Crippen LogP contribution < -0.4 is 10.2 Å². The molecule has 0 amide bonds. The Hall–Kier alpha value is -3.02. The van der Waals surface area contributed by atoms with Gasteiger partial charge in [-0.2, -0.15) is 26.3 Å². The number of anilines is 1. The lowest BCUT2D eigenvalue weighted by atomic mass is 10.1. The number of aryl methyl sites for hydroxylation is 2. The number of esters is 1. The lowest BCUT2D eigenvalue weighted by Gasteiger charge is -2.38. The van der Waals surface area contributed by atoms with Crippen LogP contribution in [0, 0.1) is 25.5 Å². The SMILES string of the molecule is C.C.COC(=O)c1c(C)cc(Br)cc1F.Cc1cc(N2CCOC[C@@H]2C(F)(F)F)cc(F)c1C(=O)O.FC(F)(F)[C@H]1COCCN1. The Bertz CT molecular complexity index is 1260. The highest BCUT2D eigenvalue weighted by Gasteiger charge is 2.45. The van der Waals surface area contributed by atoms with E-state index in [2.05, 4.69) is 30.7 Å². The van der Waals surface area contributed by atoms with E-state index in [9.17, 15) is 44.7 Å². The molecule has 4 rings (SSSR count). The van der Waals surface area contributed by atoms with E-state index in [1.54, 1.807) is 13.0 Å². The summed E-state index contributed by atoms with van der Waals surface area (Å²) in [7, 11) is 1.23. The van der Waals surface area contributed by atoms with Crippen molar-refractivity contribution in [3.63, 3.8) is 0 Å². The van der Waals surface area contributed by atoms with Crippen LogP contribution in [0.3, 0.4) is 0 Å². The van der Waals surface area contributed by atoms with Crippen LogP contribution in [0.15, 0.2) is 28.7 Å². The van der Waals surface area contributed by atoms with Crippen molar-refractivity contribution < 1.29 is 64.0 Å². The van der Waals surface area contributed by atoms with Crippen molar-refractivity contribution in [3.8, 4) is 0 Å². The number of carboxylic acids is 1. The summed E-state index contributed by atoms with van der Waals surface area (Å²) in [4.78, 5) is 23.0. The molecule has 2 aliphatic heterocycles. The molecule has 8 nitrogen and oxygen atoms in total. The highest BCUT2D eigenvalue weighted by molar-refractivity contribution is 9.10. The molecule has 2 atom stereocenters. The van der Waals surface area contributed by atoms with Crippen LogP contribution >= 0.6 is 15.9 Å². The zero-order valence-corrected chi connectivity index (χ0v) is 25.1. The van der Waals surface area contributed by atoms with Crippen molar-refractivity contribution in [2.45, 2.75) is 53.1 Å². The third kappa shape index (κ3) is 12.0. The van der Waals surface area contributed by atoms with Gasteiger partial charge >= 0.3 is 24.3 Å². The minimum atomic E-state index is -4.52. The summed E-state index contributed by atoms with van der Waals surface area (Å²) in [5.41, 5.74) is 0.0885. The molecule has 17 heteroatoms. The maximum Gasteiger partial charge on any atom is 0.411 e. The van der Waals surface area contributed by atoms with Crippen LogP contribution in [0.4, 0.5) is 40.8 Å². The van der Waals surface area contributed by atoms with Crippen LogP contribution in [0.25, 0.3) is 0 Å². The van der Waals surface area contributed by atoms with Crippen LogP contribution in [0.5, 0.6) is 0 Å². The topological polar surface area (TPSA) is 97.3 Å². The molecule has 2 aliphatic rings. The molecule has 0 aromatic heterocycles. The number of ether oxygens (including phenoxy) is 3. The van der Waals surface area contributed by atoms with E-state index in [4.69, 9.17) is 9.84 Å². The fourth-order valence-electron chi connectivity index (χ4n) is 4.19. The maximum atomic E-state index is 13.8. The summed E-state index contributed by atoms with van der Waals surface area (Å²) in [6.07, 6.45) is -8.68. The van der Waals surface area contributed by atoms with E-state index >= 15 is 0 Å². The van der Waals surface area contributed by atoms with Crippen LogP contribution in [0.2, 0.25) is 0 Å². The number of methoxy groups -OCH3 is 1. The average molecular weight is 742 g/mol. The van der Waals surface area contributed by atoms with Crippen molar-refractivity contribution in [2.75, 3.05) is 51.5 Å². The molecule has 0 saturated carbocycles. The van der Waals surface area contributed by atoms with E-state index in [1.807, 2.05) is 0 Å². The second-order valence-corrected chi connectivity index (χ2v) is 10.4. The summed E-state index contributed by atoms with van der Waals surface area (Å²) in [5.74, 6) is -3.72. The Morgan fingerprint density at radius 1 is 0.913 bits per heavy atom. The molecular weight excluding hydrogens is 704 g/mol. The number of alkyl halides is 6. The first-order chi connectivity index (χ1) is 20.4. The average Bonchev–Trinajstić information content (AvgIpc) is 2.92. The predicted octanol–water partition coefficient (Wildman–Crippen LogP) is 7.09. The van der Waals surface area contributed by atoms with Gasteiger partial charge in [-0.05, 0) is 49.2 Å². The molecule has 0 unspecified atom stereocenters. The minimum absolute atomic E-state index is 0. The summed E-state index contributed by atoms with van der Waals surface area (Å²) in [5, 5.41) is 11.2. The predicted molar refractivity (Wildman–Crippen MR) is 158 cm³/mol. The first-order valence-corrected chi connectivity index (χ1v) is 13.5. The molecule has 46 heavy (non-hydrogen) atoms. The monoisotopic (exact) mass is 740 g/mol. The van der Waals surface area contributed by atoms with E-state index < -0.39 is 60.2 Å². The Morgan fingerprint density at radius 3 is 1.91 bits per heavy atom. The van der Waals surface area contributed by atoms with Crippen molar-refractivity contribution in [1.29, 1.82) is 0 Å². The second-order valence-electron chi connectivity index (χ2n) is 9.44. The first kappa shape index (κ1) is 43.0. The molecule has 2 fully saturated rings. The normalized spacial score (nSPS) is 18.0. The zero-order valence-electron chi connectivity index (χ0n) is 23.5. The summed E-state index contributed by atoms with van der Waals surface area (Å²) in [6.45, 7) is 2.90. The number of rotatable bonds is 3. The second kappa shape index (κ2) is 18.4. The van der Waals surface area contributed by atoms with Crippen molar-refractivity contribution in [3.05, 3.63) is 62.6 Å². The van der Waals surface area contributed by atoms with Gasteiger partial charge in [0, 0.05) is 23.2 Å². The molecular formula is C29H37BrF8N2O6. The first-order valence-electron chi connectivity index (χ1n) is 12.7. The molecule has 2 heterocycles. The van der Waals surface area contributed by atoms with E-state index in [-0.39, 0.29) is 58.0 Å². The van der Waals surface area contributed by atoms with Gasteiger partial charge in [-0.3, -0.25) is 0 Å². The maximum absolute atomic E-state index is 13.8. The number of hydrogen-bond acceptors (Lipinski definition) is 7. The quantitative estimate of drug-likeness (QED) is 0.255. The molecule has 0 spiro atoms. The highest BCUT2D eigenvalue weighted by Crippen LogP contribution is 2.33. The molecule has 2 aromatic rings. The number of nitrogens with one attached hydrogen (secondary N) is 1. The third-order valence-electron chi connectivity index (χ3n) is 6.28. The van der Waals surface area contributed by atoms with Crippen LogP contribution in [0.1, 0.15) is 46.7 Å². The van der Waals surface area contributed by atoms with Gasteiger partial charge in [0.1, 0.15) is 23.7 Å². The van der Waals surface area contributed by atoms with Gasteiger partial charge in [0.15, 0.2) is 0 Å². The lowest BCUT2D eigenvalue weighted by molar-refractivity contribution is -0.176. The number of hydrogen-bond donors (Lipinski definition) is 2. The van der Waals surface area contributed by atoms with Crippen LogP contribution in [-0.4, -0.2) is 88.1 Å². The van der Waals surface area contributed by atoms with Gasteiger partial charge in [0.2, 0.25) is 0 Å². The van der Waals surface area contributed by atoms with Crippen LogP contribution in [-0.2, 0) is 14.2 Å². The molecule has 0 aliphatic carbocycles. The number of morpholine rings is 2. The number of carboxylic acid groups (broad SMARTS) is 1. The smallest absolute Gasteiger partial charge is 0.411 e. The number of carbonyl (C=O) groups excluding carboxylic acids is 1. The molecule has 262 valence electrons. The standard InChI is InChI=1S/C13H13F4NO3.C9H8BrFO2.C5H8F3NO.2CH4/c1-7-4-8(5-9(14)11(7)12(19)20)18-2-3-21-6-10(18)13(15,16)17;1-5-3-6(10)4-7(11)8(5)9(12)13-2;6-5(7,8)4-3-10-2-1-9-4;;/h4-5,10H,2-3,6H2,1H3,(H,19,20);3-4H,1-2H3;4,9H,1-3H2;2*1H4/t10-;;4-;;/m1.1../s1. The van der Waals surface area contributed by atoms with E-state index in [0.717, 1.165) is 11.0 Å². The van der Waals surface area contributed by atoms with Gasteiger partial charge in [-0.15, -0.1) is 0 Å². The number of nitrogens with zero attached hydrogens (tertiary/aromatic N) is 1. The van der Waals surface area contributed by atoms with E-state index in [0.29, 0.717) is 16.6 Å². The molecule has 2 N–H and O–H groups in total. The number of benzene rings is 2. The molecule has 0 radical (unpaired) electrons. The summed E-state index contributed by atoms with van der Waals surface area (Å²) < 4.78 is 116. The minimum Gasteiger partial charge on any atom is -0.478 e. The van der Waals surface area contributed by atoms with Crippen molar-refractivity contribution in [1.82, 2.24) is 5.32 Å². The fourth-order valence-corrected chi connectivity index (χ4v) is 4.73. The van der Waals surface area contributed by atoms with Gasteiger partial charge < -0.3 is 29.5 Å². The lowest BCUT2D eigenvalue weighted by Crippen LogP contribution is -2.53. The molecule has 2 aromatic carbocycles. The highest BCUT2D eigenvalue weighted by atomic mass is 79.9. The number of aromatic carboxylic acids is 1. The molecule has 0 bridgehead atoms. The van der Waals surface area contributed by atoms with Crippen molar-refractivity contribution in [2.24, 2.45) is 0 Å². The Labute approximate surface area is 270 Å². The largest absolute Gasteiger partial charge is 0.478 e. The Balaban J connectivity index is 0.000000698. The van der Waals surface area contributed by atoms with Crippen molar-refractivity contribution >= 4 is 33.6 Å². The third-order valence-corrected chi connectivity index (χ3v) is 6.74. The van der Waals surface area contributed by atoms with Gasteiger partial charge in [0.05, 0.1) is 44.7 Å². The molecule has 2 saturated heterocycles.